The maximum atomic E-state index is 12.3. The molecule has 1 aliphatic heterocycles. The number of anilines is 1. The highest BCUT2D eigenvalue weighted by Gasteiger charge is 2.21. The molecule has 0 saturated carbocycles. The molecule has 0 fully saturated rings. The molecule has 6 nitrogen and oxygen atoms in total. The van der Waals surface area contributed by atoms with E-state index in [9.17, 15) is 9.59 Å². The van der Waals surface area contributed by atoms with Crippen LogP contribution in [0.2, 0.25) is 0 Å². The van der Waals surface area contributed by atoms with Gasteiger partial charge in [-0.05, 0) is 25.0 Å². The second-order valence-corrected chi connectivity index (χ2v) is 5.08. The quantitative estimate of drug-likeness (QED) is 0.890. The summed E-state index contributed by atoms with van der Waals surface area (Å²) in [5.41, 5.74) is 0.749. The number of carboxylic acids is 1. The highest BCUT2D eigenvalue weighted by Crippen LogP contribution is 2.30. The summed E-state index contributed by atoms with van der Waals surface area (Å²) < 4.78 is 5.60. The average Bonchev–Trinajstić information content (AvgIpc) is 2.69. The number of fused-ring (bicyclic) bond motifs is 1. The maximum absolute atomic E-state index is 12.3. The molecule has 0 aliphatic carbocycles. The Morgan fingerprint density at radius 2 is 2.19 bits per heavy atom. The van der Waals surface area contributed by atoms with Crippen molar-refractivity contribution in [3.8, 4) is 5.75 Å². The predicted octanol–water partition coefficient (Wildman–Crippen LogP) is 2.10. The lowest BCUT2D eigenvalue weighted by Gasteiger charge is -2.22. The Morgan fingerprint density at radius 1 is 1.43 bits per heavy atom. The van der Waals surface area contributed by atoms with E-state index in [-0.39, 0.29) is 6.03 Å². The van der Waals surface area contributed by atoms with E-state index in [2.05, 4.69) is 5.32 Å². The van der Waals surface area contributed by atoms with Gasteiger partial charge in [0.15, 0.2) is 0 Å². The summed E-state index contributed by atoms with van der Waals surface area (Å²) in [7, 11) is 0. The Kier molecular flexibility index (Phi) is 5.03. The van der Waals surface area contributed by atoms with Crippen LogP contribution in [0.25, 0.3) is 0 Å². The van der Waals surface area contributed by atoms with Crippen LogP contribution >= 0.6 is 0 Å². The summed E-state index contributed by atoms with van der Waals surface area (Å²) in [6.45, 7) is 3.13. The van der Waals surface area contributed by atoms with Crippen molar-refractivity contribution < 1.29 is 19.4 Å². The first-order chi connectivity index (χ1) is 10.1. The SMILES string of the molecule is CC(CCNC(=O)N1CCCOc2ccccc21)C(=O)O. The fourth-order valence-corrected chi connectivity index (χ4v) is 2.15. The van der Waals surface area contributed by atoms with E-state index in [1.807, 2.05) is 24.3 Å². The molecule has 0 bridgehead atoms. The third-order valence-electron chi connectivity index (χ3n) is 3.46. The lowest BCUT2D eigenvalue weighted by Crippen LogP contribution is -2.41. The van der Waals surface area contributed by atoms with Crippen molar-refractivity contribution in [2.24, 2.45) is 5.92 Å². The van der Waals surface area contributed by atoms with Crippen molar-refractivity contribution in [2.45, 2.75) is 19.8 Å². The molecule has 2 amide bonds. The minimum absolute atomic E-state index is 0.217. The highest BCUT2D eigenvalue weighted by atomic mass is 16.5. The number of para-hydroxylation sites is 2. The Bertz CT molecular complexity index is 518. The van der Waals surface area contributed by atoms with E-state index in [1.165, 1.54) is 0 Å². The summed E-state index contributed by atoms with van der Waals surface area (Å²) in [4.78, 5) is 24.7. The van der Waals surface area contributed by atoms with Gasteiger partial charge in [-0.1, -0.05) is 19.1 Å². The number of aliphatic carboxylic acids is 1. The van der Waals surface area contributed by atoms with Crippen molar-refractivity contribution >= 4 is 17.7 Å². The van der Waals surface area contributed by atoms with Gasteiger partial charge in [0.25, 0.3) is 0 Å². The number of urea groups is 1. The Morgan fingerprint density at radius 3 is 2.95 bits per heavy atom. The zero-order valence-corrected chi connectivity index (χ0v) is 12.0. The first kappa shape index (κ1) is 15.2. The monoisotopic (exact) mass is 292 g/mol. The van der Waals surface area contributed by atoms with Gasteiger partial charge in [-0.2, -0.15) is 0 Å². The lowest BCUT2D eigenvalue weighted by atomic mass is 10.1. The van der Waals surface area contributed by atoms with Crippen molar-refractivity contribution in [1.82, 2.24) is 5.32 Å². The third kappa shape index (κ3) is 3.87. The van der Waals surface area contributed by atoms with Crippen LogP contribution < -0.4 is 15.0 Å². The first-order valence-electron chi connectivity index (χ1n) is 7.09. The van der Waals surface area contributed by atoms with E-state index in [0.29, 0.717) is 31.9 Å². The Balaban J connectivity index is 1.97. The number of ether oxygens (including phenoxy) is 1. The normalized spacial score (nSPS) is 15.4. The second kappa shape index (κ2) is 6.97. The first-order valence-corrected chi connectivity index (χ1v) is 7.09. The number of rotatable bonds is 4. The number of hydrogen-bond acceptors (Lipinski definition) is 3. The van der Waals surface area contributed by atoms with Crippen molar-refractivity contribution in [3.05, 3.63) is 24.3 Å². The Labute approximate surface area is 123 Å². The average molecular weight is 292 g/mol. The van der Waals surface area contributed by atoms with Gasteiger partial charge in [-0.15, -0.1) is 0 Å². The second-order valence-electron chi connectivity index (χ2n) is 5.08. The van der Waals surface area contributed by atoms with Crippen LogP contribution in [-0.2, 0) is 4.79 Å². The zero-order chi connectivity index (χ0) is 15.2. The van der Waals surface area contributed by atoms with Gasteiger partial charge in [0.1, 0.15) is 5.75 Å². The number of nitrogens with zero attached hydrogens (tertiary/aromatic N) is 1. The fraction of sp³-hybridized carbons (Fsp3) is 0.467. The van der Waals surface area contributed by atoms with Crippen LogP contribution in [0.5, 0.6) is 5.75 Å². The summed E-state index contributed by atoms with van der Waals surface area (Å²) >= 11 is 0. The molecule has 114 valence electrons. The lowest BCUT2D eigenvalue weighted by molar-refractivity contribution is -0.141. The van der Waals surface area contributed by atoms with Gasteiger partial charge in [0, 0.05) is 13.1 Å². The number of amides is 2. The summed E-state index contributed by atoms with van der Waals surface area (Å²) in [5.74, 6) is -0.619. The van der Waals surface area contributed by atoms with Gasteiger partial charge in [-0.3, -0.25) is 9.69 Å². The van der Waals surface area contributed by atoms with Crippen molar-refractivity contribution in [3.63, 3.8) is 0 Å². The summed E-state index contributed by atoms with van der Waals surface area (Å²) in [6, 6.07) is 7.20. The molecule has 1 heterocycles. The van der Waals surface area contributed by atoms with Crippen LogP contribution in [0.3, 0.4) is 0 Å². The molecule has 1 aromatic rings. The molecular formula is C15H20N2O4. The van der Waals surface area contributed by atoms with Crippen LogP contribution in [0.15, 0.2) is 24.3 Å². The van der Waals surface area contributed by atoms with E-state index >= 15 is 0 Å². The molecule has 2 N–H and O–H groups in total. The van der Waals surface area contributed by atoms with Crippen LogP contribution in [0.4, 0.5) is 10.5 Å². The molecule has 0 spiro atoms. The van der Waals surface area contributed by atoms with Gasteiger partial charge >= 0.3 is 12.0 Å². The highest BCUT2D eigenvalue weighted by molar-refractivity contribution is 5.93. The van der Waals surface area contributed by atoms with E-state index in [4.69, 9.17) is 9.84 Å². The molecule has 1 atom stereocenters. The van der Waals surface area contributed by atoms with Gasteiger partial charge < -0.3 is 15.2 Å². The number of benzene rings is 1. The molecule has 1 aromatic carbocycles. The molecule has 0 radical (unpaired) electrons. The predicted molar refractivity (Wildman–Crippen MR) is 78.7 cm³/mol. The summed E-state index contributed by atoms with van der Waals surface area (Å²) in [5, 5.41) is 11.6. The van der Waals surface area contributed by atoms with E-state index in [0.717, 1.165) is 12.1 Å². The maximum Gasteiger partial charge on any atom is 0.321 e. The van der Waals surface area contributed by atoms with Crippen molar-refractivity contribution in [2.75, 3.05) is 24.6 Å². The third-order valence-corrected chi connectivity index (χ3v) is 3.46. The molecule has 2 rings (SSSR count). The molecule has 1 unspecified atom stereocenters. The number of nitrogens with one attached hydrogen (secondary N) is 1. The van der Waals surface area contributed by atoms with Gasteiger partial charge in [0.2, 0.25) is 0 Å². The standard InChI is InChI=1S/C15H20N2O4/c1-11(14(18)19)7-8-16-15(20)17-9-4-10-21-13-6-3-2-5-12(13)17/h2-3,5-6,11H,4,7-10H2,1H3,(H,16,20)(H,18,19). The molecule has 1 aliphatic rings. The number of carbonyl (C=O) groups excluding carboxylic acids is 1. The van der Waals surface area contributed by atoms with Crippen molar-refractivity contribution in [1.29, 1.82) is 0 Å². The minimum Gasteiger partial charge on any atom is -0.491 e. The van der Waals surface area contributed by atoms with E-state index in [1.54, 1.807) is 11.8 Å². The molecule has 0 aromatic heterocycles. The topological polar surface area (TPSA) is 78.9 Å². The number of hydrogen-bond donors (Lipinski definition) is 2. The number of carboxylic acid groups (broad SMARTS) is 1. The van der Waals surface area contributed by atoms with Crippen LogP contribution in [-0.4, -0.2) is 36.8 Å². The molecular weight excluding hydrogens is 272 g/mol. The molecule has 0 saturated heterocycles. The molecule has 6 heteroatoms. The van der Waals surface area contributed by atoms with Gasteiger partial charge in [0.05, 0.1) is 18.2 Å². The minimum atomic E-state index is -0.849. The number of carbonyl (C=O) groups is 2. The smallest absolute Gasteiger partial charge is 0.321 e. The zero-order valence-electron chi connectivity index (χ0n) is 12.0. The van der Waals surface area contributed by atoms with Crippen LogP contribution in [0.1, 0.15) is 19.8 Å². The van der Waals surface area contributed by atoms with Crippen LogP contribution in [0, 0.1) is 5.92 Å². The molecule has 21 heavy (non-hydrogen) atoms. The fourth-order valence-electron chi connectivity index (χ4n) is 2.15. The summed E-state index contributed by atoms with van der Waals surface area (Å²) in [6.07, 6.45) is 1.17. The van der Waals surface area contributed by atoms with E-state index < -0.39 is 11.9 Å². The van der Waals surface area contributed by atoms with Gasteiger partial charge in [-0.25, -0.2) is 4.79 Å². The Hall–Kier alpha value is -2.24. The largest absolute Gasteiger partial charge is 0.491 e.